The van der Waals surface area contributed by atoms with Gasteiger partial charge < -0.3 is 25.1 Å². The first-order valence-electron chi connectivity index (χ1n) is 8.73. The molecule has 7 nitrogen and oxygen atoms in total. The lowest BCUT2D eigenvalue weighted by Crippen LogP contribution is -2.62. The number of carbonyl (C=O) groups is 1. The van der Waals surface area contributed by atoms with Crippen molar-refractivity contribution in [2.24, 2.45) is 5.73 Å². The van der Waals surface area contributed by atoms with Crippen molar-refractivity contribution in [3.63, 3.8) is 0 Å². The number of hydrogen-bond acceptors (Lipinski definition) is 6. The molecule has 1 heterocycles. The largest absolute Gasteiger partial charge is 0.468 e. The highest BCUT2D eigenvalue weighted by Crippen LogP contribution is 2.36. The third-order valence-corrected chi connectivity index (χ3v) is 4.57. The van der Waals surface area contributed by atoms with Gasteiger partial charge in [-0.1, -0.05) is 6.07 Å². The summed E-state index contributed by atoms with van der Waals surface area (Å²) in [6.07, 6.45) is -0.862. The average molecular weight is 366 g/mol. The van der Waals surface area contributed by atoms with Crippen LogP contribution in [-0.4, -0.2) is 53.8 Å². The standard InChI is InChI=1S/C19H30N2O5/c1-18(2,3)26-17(23)21-11-14-8-15(25-12-24-5)7-6-13(14)9-19(21,4)16(22)10-20/h6-8,16,22H,9-12,20H2,1-5H3/t16-,19-/m1/s1. The summed E-state index contributed by atoms with van der Waals surface area (Å²) in [5.41, 5.74) is 6.23. The van der Waals surface area contributed by atoms with Crippen LogP contribution >= 0.6 is 0 Å². The van der Waals surface area contributed by atoms with E-state index >= 15 is 0 Å². The number of ether oxygens (including phenoxy) is 3. The zero-order valence-electron chi connectivity index (χ0n) is 16.2. The first-order chi connectivity index (χ1) is 12.1. The second-order valence-corrected chi connectivity index (χ2v) is 7.83. The van der Waals surface area contributed by atoms with Gasteiger partial charge in [0.2, 0.25) is 0 Å². The van der Waals surface area contributed by atoms with Crippen LogP contribution in [0.25, 0.3) is 0 Å². The molecule has 1 aliphatic rings. The van der Waals surface area contributed by atoms with Gasteiger partial charge in [-0.25, -0.2) is 4.79 Å². The van der Waals surface area contributed by atoms with Gasteiger partial charge in [0.15, 0.2) is 6.79 Å². The molecule has 1 aromatic rings. The molecule has 0 unspecified atom stereocenters. The van der Waals surface area contributed by atoms with Crippen LogP contribution in [0.2, 0.25) is 0 Å². The lowest BCUT2D eigenvalue weighted by atomic mass is 9.80. The topological polar surface area (TPSA) is 94.2 Å². The number of nitrogens with two attached hydrogens (primary N) is 1. The van der Waals surface area contributed by atoms with Crippen molar-refractivity contribution in [1.29, 1.82) is 0 Å². The molecule has 0 saturated carbocycles. The third kappa shape index (κ3) is 4.47. The molecule has 1 aliphatic heterocycles. The van der Waals surface area contributed by atoms with Crippen LogP contribution in [-0.2, 0) is 22.4 Å². The van der Waals surface area contributed by atoms with Crippen LogP contribution in [0.1, 0.15) is 38.8 Å². The Bertz CT molecular complexity index is 643. The molecule has 1 amide bonds. The van der Waals surface area contributed by atoms with Gasteiger partial charge in [0, 0.05) is 13.7 Å². The maximum atomic E-state index is 12.8. The number of benzene rings is 1. The molecule has 2 atom stereocenters. The van der Waals surface area contributed by atoms with E-state index in [0.717, 1.165) is 11.1 Å². The highest BCUT2D eigenvalue weighted by Gasteiger charge is 2.46. The summed E-state index contributed by atoms with van der Waals surface area (Å²) in [4.78, 5) is 14.4. The zero-order chi connectivity index (χ0) is 19.5. The van der Waals surface area contributed by atoms with Gasteiger partial charge in [-0.3, -0.25) is 4.90 Å². The number of fused-ring (bicyclic) bond motifs is 1. The molecule has 2 rings (SSSR count). The second kappa shape index (κ2) is 7.82. The van der Waals surface area contributed by atoms with Crippen molar-refractivity contribution < 1.29 is 24.1 Å². The lowest BCUT2D eigenvalue weighted by Gasteiger charge is -2.47. The van der Waals surface area contributed by atoms with E-state index in [1.807, 2.05) is 45.9 Å². The molecule has 146 valence electrons. The maximum absolute atomic E-state index is 12.8. The summed E-state index contributed by atoms with van der Waals surface area (Å²) in [6, 6.07) is 5.70. The van der Waals surface area contributed by atoms with Gasteiger partial charge in [0.1, 0.15) is 11.4 Å². The van der Waals surface area contributed by atoms with Crippen molar-refractivity contribution >= 4 is 6.09 Å². The Balaban J connectivity index is 2.36. The van der Waals surface area contributed by atoms with Gasteiger partial charge in [0.05, 0.1) is 18.2 Å². The first-order valence-corrected chi connectivity index (χ1v) is 8.73. The summed E-state index contributed by atoms with van der Waals surface area (Å²) < 4.78 is 16.0. The highest BCUT2D eigenvalue weighted by molar-refractivity contribution is 5.70. The Kier molecular flexibility index (Phi) is 6.16. The molecule has 0 bridgehead atoms. The fourth-order valence-electron chi connectivity index (χ4n) is 3.11. The fraction of sp³-hybridized carbons (Fsp3) is 0.632. The summed E-state index contributed by atoms with van der Waals surface area (Å²) in [7, 11) is 1.56. The molecule has 0 aliphatic carbocycles. The second-order valence-electron chi connectivity index (χ2n) is 7.83. The average Bonchev–Trinajstić information content (AvgIpc) is 2.56. The molecule has 0 aromatic heterocycles. The molecular weight excluding hydrogens is 336 g/mol. The van der Waals surface area contributed by atoms with Gasteiger partial charge in [0.25, 0.3) is 0 Å². The van der Waals surface area contributed by atoms with E-state index in [2.05, 4.69) is 0 Å². The minimum Gasteiger partial charge on any atom is -0.468 e. The first kappa shape index (κ1) is 20.5. The van der Waals surface area contributed by atoms with Crippen LogP contribution in [0.15, 0.2) is 18.2 Å². The van der Waals surface area contributed by atoms with Crippen LogP contribution in [0.5, 0.6) is 5.75 Å². The Morgan fingerprint density at radius 3 is 2.65 bits per heavy atom. The monoisotopic (exact) mass is 366 g/mol. The number of aliphatic hydroxyl groups excluding tert-OH is 1. The van der Waals surface area contributed by atoms with E-state index in [1.165, 1.54) is 0 Å². The molecule has 3 N–H and O–H groups in total. The molecule has 0 radical (unpaired) electrons. The third-order valence-electron chi connectivity index (χ3n) is 4.57. The molecule has 0 fully saturated rings. The van der Waals surface area contributed by atoms with E-state index in [4.69, 9.17) is 19.9 Å². The van der Waals surface area contributed by atoms with E-state index in [1.54, 1.807) is 12.0 Å². The van der Waals surface area contributed by atoms with Crippen molar-refractivity contribution in [3.05, 3.63) is 29.3 Å². The molecule has 7 heteroatoms. The van der Waals surface area contributed by atoms with Gasteiger partial charge in [-0.05, 0) is 57.4 Å². The van der Waals surface area contributed by atoms with E-state index in [0.29, 0.717) is 18.7 Å². The summed E-state index contributed by atoms with van der Waals surface area (Å²) in [5.74, 6) is 0.665. The van der Waals surface area contributed by atoms with Crippen LogP contribution < -0.4 is 10.5 Å². The molecule has 26 heavy (non-hydrogen) atoms. The number of aliphatic hydroxyl groups is 1. The Hall–Kier alpha value is -1.83. The predicted molar refractivity (Wildman–Crippen MR) is 97.9 cm³/mol. The summed E-state index contributed by atoms with van der Waals surface area (Å²) >= 11 is 0. The number of carbonyl (C=O) groups excluding carboxylic acids is 1. The van der Waals surface area contributed by atoms with E-state index in [9.17, 15) is 9.90 Å². The van der Waals surface area contributed by atoms with Gasteiger partial charge in [-0.15, -0.1) is 0 Å². The quantitative estimate of drug-likeness (QED) is 0.775. The van der Waals surface area contributed by atoms with Crippen molar-refractivity contribution in [3.8, 4) is 5.75 Å². The molecular formula is C19H30N2O5. The number of rotatable bonds is 5. The highest BCUT2D eigenvalue weighted by atomic mass is 16.7. The molecule has 0 saturated heterocycles. The Morgan fingerprint density at radius 1 is 1.38 bits per heavy atom. The van der Waals surface area contributed by atoms with Crippen molar-refractivity contribution in [2.75, 3.05) is 20.4 Å². The molecule has 0 spiro atoms. The van der Waals surface area contributed by atoms with Gasteiger partial charge >= 0.3 is 6.09 Å². The Labute approximate surface area is 155 Å². The van der Waals surface area contributed by atoms with Crippen molar-refractivity contribution in [2.45, 2.75) is 57.9 Å². The number of nitrogens with zero attached hydrogens (tertiary/aromatic N) is 1. The zero-order valence-corrected chi connectivity index (χ0v) is 16.2. The summed E-state index contributed by atoms with van der Waals surface area (Å²) in [5, 5.41) is 10.5. The normalized spacial score (nSPS) is 21.1. The number of hydrogen-bond donors (Lipinski definition) is 2. The van der Waals surface area contributed by atoms with E-state index < -0.39 is 23.3 Å². The maximum Gasteiger partial charge on any atom is 0.411 e. The fourth-order valence-corrected chi connectivity index (χ4v) is 3.11. The lowest BCUT2D eigenvalue weighted by molar-refractivity contribution is -0.0480. The minimum absolute atomic E-state index is 0.0557. The van der Waals surface area contributed by atoms with Crippen LogP contribution in [0, 0.1) is 0 Å². The van der Waals surface area contributed by atoms with E-state index in [-0.39, 0.29) is 13.3 Å². The van der Waals surface area contributed by atoms with Crippen molar-refractivity contribution in [1.82, 2.24) is 4.90 Å². The minimum atomic E-state index is -0.868. The molecule has 1 aromatic carbocycles. The summed E-state index contributed by atoms with van der Waals surface area (Å²) in [6.45, 7) is 7.80. The smallest absolute Gasteiger partial charge is 0.411 e. The van der Waals surface area contributed by atoms with Gasteiger partial charge in [-0.2, -0.15) is 0 Å². The Morgan fingerprint density at radius 2 is 2.08 bits per heavy atom. The van der Waals surface area contributed by atoms with Crippen LogP contribution in [0.4, 0.5) is 4.79 Å². The predicted octanol–water partition coefficient (Wildman–Crippen LogP) is 2.04. The number of methoxy groups -OCH3 is 1. The SMILES string of the molecule is COCOc1ccc2c(c1)CN(C(=O)OC(C)(C)C)[C@@](C)([C@H](O)CN)C2. The van der Waals surface area contributed by atoms with Crippen LogP contribution in [0.3, 0.4) is 0 Å². The number of amides is 1.